The van der Waals surface area contributed by atoms with E-state index in [0.29, 0.717) is 74.8 Å². The number of methoxy groups -OCH3 is 3. The summed E-state index contributed by atoms with van der Waals surface area (Å²) in [5.41, 5.74) is 55.9. The van der Waals surface area contributed by atoms with Gasteiger partial charge in [-0.3, -0.25) is 19.4 Å². The Morgan fingerprint density at radius 1 is 0.419 bits per heavy atom. The number of sulfonamides is 2. The number of rotatable bonds is 11. The van der Waals surface area contributed by atoms with E-state index in [1.807, 2.05) is 200 Å². The molecule has 0 saturated carbocycles. The zero-order valence-corrected chi connectivity index (χ0v) is 75.5. The van der Waals surface area contributed by atoms with Gasteiger partial charge in [0.25, 0.3) is 0 Å². The van der Waals surface area contributed by atoms with E-state index in [9.17, 15) is 36.0 Å². The number of nitrogens with two attached hydrogens (primary N) is 9. The quantitative estimate of drug-likeness (QED) is 0.0536. The fraction of sp³-hybridized carbons (Fsp3) is 0.179. The van der Waals surface area contributed by atoms with Crippen molar-refractivity contribution < 1.29 is 50.0 Å². The molecule has 0 atom stereocenters. The smallest absolute Gasteiger partial charge is 0.340 e. The fourth-order valence-corrected chi connectivity index (χ4v) is 12.4. The molecule has 0 aliphatic heterocycles. The highest BCUT2D eigenvalue weighted by atomic mass is 35.5. The number of hydrogen-bond acceptors (Lipinski definition) is 18. The van der Waals surface area contributed by atoms with Gasteiger partial charge in [-0.05, 0) is 230 Å². The highest BCUT2D eigenvalue weighted by molar-refractivity contribution is 7.89. The first-order valence-corrected chi connectivity index (χ1v) is 42.0. The lowest BCUT2D eigenvalue weighted by molar-refractivity contribution is 0.0991. The Morgan fingerprint density at radius 2 is 0.887 bits per heavy atom. The molecule has 0 fully saturated rings. The number of benzene rings is 12. The Balaban J connectivity index is 0.000000350. The van der Waals surface area contributed by atoms with Crippen molar-refractivity contribution in [3.63, 3.8) is 0 Å². The number of primary sulfonamides is 2. The van der Waals surface area contributed by atoms with Crippen molar-refractivity contribution in [2.45, 2.75) is 106 Å². The van der Waals surface area contributed by atoms with E-state index in [1.165, 1.54) is 52.6 Å². The number of nitrogens with one attached hydrogen (secondary N) is 2. The Hall–Kier alpha value is -13.2. The minimum Gasteiger partial charge on any atom is -0.497 e. The number of aromatic amines is 2. The van der Waals surface area contributed by atoms with Gasteiger partial charge in [-0.2, -0.15) is 5.10 Å². The molecule has 124 heavy (non-hydrogen) atoms. The topological polar surface area (TPSA) is 469 Å². The minimum absolute atomic E-state index is 0.104. The van der Waals surface area contributed by atoms with E-state index >= 15 is 0 Å². The summed E-state index contributed by atoms with van der Waals surface area (Å²) < 4.78 is 63.5. The summed E-state index contributed by atoms with van der Waals surface area (Å²) in [6.45, 7) is 24.5. The van der Waals surface area contributed by atoms with Crippen molar-refractivity contribution in [3.8, 4) is 28.6 Å². The zero-order valence-electron chi connectivity index (χ0n) is 72.4. The third-order valence-corrected chi connectivity index (χ3v) is 19.9. The molecule has 14 rings (SSSR count). The zero-order chi connectivity index (χ0) is 92.8. The minimum atomic E-state index is -3.65. The highest BCUT2D eigenvalue weighted by Gasteiger charge is 2.13. The summed E-state index contributed by atoms with van der Waals surface area (Å²) in [6, 6.07) is 82.3. The standard InChI is InChI=1S/C9H9N3O.C9H11NO2.C8H8N2O.C8H11NO3S.2C8H9NO.2C8H11N.C8H10O.C7H8ClN.C7H7Cl.C7H9NO2S/c1-6-3-2-4-7(5-6)8-10-9(13)12-11-8;1-6-3-4-7(12-2)5-8(6)9(10)11;1-5-2-3-7-6(4-5)8(9)10-11-7;1-6-3-4-7(12-2)5-8(6)13(9,10)11;1-6-3-2-4-7(5-6)8(9)10;1-6-4-2-3-5-7(6)8(9)10;1-7-3-2-4-8(5-7)6-9;1-7-4-2-3-5-8(7)6-9;1-7-3-5-8(9-2)6-4-7;1-5-2-3-6(8)7(9)4-5;1-6-3-2-4-7(8)5-6;1-6-4-2-3-5-7(6)11(8,9)10/h2-5H,1H3,(H2,10,11,12,13);3-5H,1-2H3,(H2,10,11);2-4H,1H3,(H2,9,10);3-5H,1-2H3,(H2,9,10,11);2*2-5H,1H3,(H2,9,10);2*2-5H,6,9H2,1H3;3-6H,1-2H3;2-4H,9H2,1H3;2-5H,1H3;2-5H,1H3,(H2,8,9,10). The summed E-state index contributed by atoms with van der Waals surface area (Å²) in [5, 5.41) is 22.1. The molecule has 0 saturated heterocycles. The van der Waals surface area contributed by atoms with Crippen LogP contribution < -0.4 is 70.3 Å². The maximum absolute atomic E-state index is 11.0. The van der Waals surface area contributed by atoms with Gasteiger partial charge in [0.1, 0.15) is 17.2 Å². The second-order valence-electron chi connectivity index (χ2n) is 27.6. The van der Waals surface area contributed by atoms with Crippen molar-refractivity contribution >= 4 is 83.4 Å². The number of nitrogen functional groups attached to an aromatic ring is 2. The van der Waals surface area contributed by atoms with Crippen LogP contribution in [0.4, 0.5) is 11.5 Å². The number of halogens is 2. The second kappa shape index (κ2) is 54.2. The SMILES string of the molecule is COc1ccc(C)c(C(N)=O)c1.COc1ccc(C)c(S(N)(=O)=O)c1.COc1ccc(C)cc1.Cc1ccc(Cl)c(N)c1.Cc1ccc2onc(N)c2c1.Cc1cccc(-c2n[nH]c(=O)[nH]2)c1.Cc1cccc(C(N)=O)c1.Cc1cccc(CN)c1.Cc1cccc(Cl)c1.Cc1ccccc1C(N)=O.Cc1ccccc1CN.Cc1ccccc1S(N)(=O)=O. The number of primary amides is 3. The monoisotopic (exact) mass is 1760 g/mol. The van der Waals surface area contributed by atoms with Gasteiger partial charge >= 0.3 is 5.69 Å². The van der Waals surface area contributed by atoms with Crippen molar-refractivity contribution in [2.75, 3.05) is 32.8 Å². The van der Waals surface area contributed by atoms with Crippen LogP contribution in [0.5, 0.6) is 17.2 Å². The molecule has 656 valence electrons. The molecule has 0 spiro atoms. The maximum Gasteiger partial charge on any atom is 0.340 e. The van der Waals surface area contributed by atoms with Crippen LogP contribution in [0.2, 0.25) is 10.0 Å². The maximum atomic E-state index is 11.0. The van der Waals surface area contributed by atoms with Crippen LogP contribution in [0.25, 0.3) is 22.4 Å². The van der Waals surface area contributed by atoms with Gasteiger partial charge in [0.05, 0.1) is 47.2 Å². The average Bonchev–Trinajstić information content (AvgIpc) is 1.64. The molecule has 0 bridgehead atoms. The van der Waals surface area contributed by atoms with E-state index in [-0.39, 0.29) is 27.3 Å². The summed E-state index contributed by atoms with van der Waals surface area (Å²) in [4.78, 5) is 45.7. The third kappa shape index (κ3) is 40.0. The molecule has 25 nitrogen and oxygen atoms in total. The Morgan fingerprint density at radius 3 is 1.32 bits per heavy atom. The van der Waals surface area contributed by atoms with E-state index in [4.69, 9.17) is 92.3 Å². The number of nitrogens with zero attached hydrogens (tertiary/aromatic N) is 2. The first kappa shape index (κ1) is 105. The molecule has 0 aliphatic rings. The fourth-order valence-electron chi connectivity index (χ4n) is 10.4. The van der Waals surface area contributed by atoms with Crippen molar-refractivity contribution in [1.29, 1.82) is 0 Å². The summed E-state index contributed by atoms with van der Waals surface area (Å²) >= 11 is 11.3. The van der Waals surface area contributed by atoms with Crippen LogP contribution in [-0.4, -0.2) is 76.2 Å². The average molecular weight is 1760 g/mol. The lowest BCUT2D eigenvalue weighted by Crippen LogP contribution is -2.13. The molecule has 0 radical (unpaired) electrons. The summed E-state index contributed by atoms with van der Waals surface area (Å²) in [5.74, 6) is 1.93. The molecule has 12 aromatic carbocycles. The van der Waals surface area contributed by atoms with E-state index in [0.717, 1.165) is 60.7 Å². The number of ether oxygens (including phenoxy) is 3. The van der Waals surface area contributed by atoms with Gasteiger partial charge in [0.2, 0.25) is 37.8 Å². The molecule has 2 aromatic heterocycles. The number of aryl methyl sites for hydroxylation is 12. The van der Waals surface area contributed by atoms with Gasteiger partial charge in [0.15, 0.2) is 17.2 Å². The van der Waals surface area contributed by atoms with Gasteiger partial charge in [-0.15, -0.1) is 0 Å². The number of amides is 3. The van der Waals surface area contributed by atoms with Crippen LogP contribution in [0.3, 0.4) is 0 Å². The molecule has 3 amide bonds. The van der Waals surface area contributed by atoms with Gasteiger partial charge in [0, 0.05) is 46.4 Å². The molecule has 14 aromatic rings. The third-order valence-electron chi connectivity index (χ3n) is 17.2. The Labute approximate surface area is 737 Å². The summed E-state index contributed by atoms with van der Waals surface area (Å²) in [6.07, 6.45) is 0. The number of H-pyrrole nitrogens is 2. The molecule has 0 aliphatic carbocycles. The number of hydrogen-bond donors (Lipinski definition) is 11. The number of carbonyl (C=O) groups is 3. The molecule has 20 N–H and O–H groups in total. The first-order valence-electron chi connectivity index (χ1n) is 38.1. The van der Waals surface area contributed by atoms with Crippen LogP contribution in [0, 0.1) is 83.1 Å². The van der Waals surface area contributed by atoms with Crippen molar-refractivity contribution in [2.24, 2.45) is 38.9 Å². The second-order valence-corrected chi connectivity index (χ2v) is 31.5. The number of fused-ring (bicyclic) bond motifs is 1. The molecule has 29 heteroatoms. The van der Waals surface area contributed by atoms with Crippen LogP contribution in [-0.2, 0) is 33.1 Å². The van der Waals surface area contributed by atoms with Gasteiger partial charge < -0.3 is 58.9 Å². The number of anilines is 2. The van der Waals surface area contributed by atoms with Crippen LogP contribution in [0.15, 0.2) is 286 Å². The largest absolute Gasteiger partial charge is 0.497 e. The lowest BCUT2D eigenvalue weighted by atomic mass is 10.1. The molecular formula is C95H113Cl2N13O12S2. The van der Waals surface area contributed by atoms with Crippen molar-refractivity contribution in [1.82, 2.24) is 20.3 Å². The van der Waals surface area contributed by atoms with Crippen molar-refractivity contribution in [3.05, 3.63) is 382 Å². The van der Waals surface area contributed by atoms with E-state index in [1.54, 1.807) is 107 Å². The predicted octanol–water partition coefficient (Wildman–Crippen LogP) is 17.2. The number of carbonyl (C=O) groups excluding carboxylic acids is 3. The van der Waals surface area contributed by atoms with E-state index in [2.05, 4.69) is 65.4 Å². The highest BCUT2D eigenvalue weighted by Crippen LogP contribution is 2.24. The lowest BCUT2D eigenvalue weighted by Gasteiger charge is -2.05. The molecule has 0 unspecified atom stereocenters. The summed E-state index contributed by atoms with van der Waals surface area (Å²) in [7, 11) is -2.49. The van der Waals surface area contributed by atoms with Gasteiger partial charge in [-0.1, -0.05) is 220 Å². The van der Waals surface area contributed by atoms with E-state index < -0.39 is 26.0 Å². The van der Waals surface area contributed by atoms with Crippen LogP contribution in [0.1, 0.15) is 109 Å². The first-order chi connectivity index (χ1) is 58.5. The Kier molecular flexibility index (Phi) is 45.9. The molecule has 2 heterocycles. The predicted molar refractivity (Wildman–Crippen MR) is 503 cm³/mol. The molecular weight excluding hydrogens is 1650 g/mol. The van der Waals surface area contributed by atoms with Gasteiger partial charge in [-0.25, -0.2) is 37.0 Å². The Bertz CT molecular complexity index is 5990. The van der Waals surface area contributed by atoms with Crippen LogP contribution >= 0.6 is 23.2 Å². The normalized spacial score (nSPS) is 9.98. The number of aromatic nitrogens is 4.